The van der Waals surface area contributed by atoms with Crippen LogP contribution in [0.2, 0.25) is 0 Å². The maximum Gasteiger partial charge on any atom is 0.251 e. The molecule has 0 radical (unpaired) electrons. The minimum Gasteiger partial charge on any atom is -0.497 e. The summed E-state index contributed by atoms with van der Waals surface area (Å²) in [6.07, 6.45) is 0.394. The van der Waals surface area contributed by atoms with E-state index in [1.807, 2.05) is 35.7 Å². The average Bonchev–Trinajstić information content (AvgIpc) is 3.26. The normalized spacial score (nSPS) is 11.5. The lowest BCUT2D eigenvalue weighted by molar-refractivity contribution is -0.123. The highest BCUT2D eigenvalue weighted by atomic mass is 32.1. The second-order valence-electron chi connectivity index (χ2n) is 6.14. The van der Waals surface area contributed by atoms with Gasteiger partial charge in [0.1, 0.15) is 11.8 Å². The SMILES string of the molecule is COc1ccc(C(=O)N[C@H](Cc2ccccc2)C(=O)NCc2cscn2)cc1. The monoisotopic (exact) mass is 395 g/mol. The molecule has 2 amide bonds. The smallest absolute Gasteiger partial charge is 0.251 e. The van der Waals surface area contributed by atoms with Crippen molar-refractivity contribution in [1.82, 2.24) is 15.6 Å². The molecule has 0 saturated carbocycles. The van der Waals surface area contributed by atoms with E-state index in [0.717, 1.165) is 11.3 Å². The van der Waals surface area contributed by atoms with E-state index in [9.17, 15) is 9.59 Å². The van der Waals surface area contributed by atoms with Crippen LogP contribution in [-0.2, 0) is 17.8 Å². The fraction of sp³-hybridized carbons (Fsp3) is 0.190. The fourth-order valence-electron chi connectivity index (χ4n) is 2.67. The molecule has 7 heteroatoms. The second kappa shape index (κ2) is 9.66. The highest BCUT2D eigenvalue weighted by Gasteiger charge is 2.22. The summed E-state index contributed by atoms with van der Waals surface area (Å²) in [6, 6.07) is 15.7. The number of nitrogens with zero attached hydrogens (tertiary/aromatic N) is 1. The van der Waals surface area contributed by atoms with Crippen LogP contribution in [0.5, 0.6) is 5.75 Å². The quantitative estimate of drug-likeness (QED) is 0.615. The number of benzene rings is 2. The summed E-state index contributed by atoms with van der Waals surface area (Å²) in [5.41, 5.74) is 3.93. The number of hydrogen-bond acceptors (Lipinski definition) is 5. The van der Waals surface area contributed by atoms with Crippen molar-refractivity contribution in [3.8, 4) is 5.75 Å². The van der Waals surface area contributed by atoms with E-state index in [1.54, 1.807) is 36.9 Å². The highest BCUT2D eigenvalue weighted by Crippen LogP contribution is 2.12. The van der Waals surface area contributed by atoms with Gasteiger partial charge in [-0.3, -0.25) is 9.59 Å². The van der Waals surface area contributed by atoms with E-state index in [0.29, 0.717) is 24.3 Å². The highest BCUT2D eigenvalue weighted by molar-refractivity contribution is 7.07. The first-order valence-corrected chi connectivity index (χ1v) is 9.73. The molecule has 1 heterocycles. The number of methoxy groups -OCH3 is 1. The largest absolute Gasteiger partial charge is 0.497 e. The zero-order valence-corrected chi connectivity index (χ0v) is 16.2. The van der Waals surface area contributed by atoms with E-state index >= 15 is 0 Å². The Balaban J connectivity index is 1.70. The van der Waals surface area contributed by atoms with Crippen molar-refractivity contribution in [1.29, 1.82) is 0 Å². The summed E-state index contributed by atoms with van der Waals surface area (Å²) in [5, 5.41) is 7.57. The van der Waals surface area contributed by atoms with Gasteiger partial charge in [0, 0.05) is 17.4 Å². The number of carbonyl (C=O) groups excluding carboxylic acids is 2. The molecule has 2 aromatic carbocycles. The van der Waals surface area contributed by atoms with E-state index in [-0.39, 0.29) is 11.8 Å². The summed E-state index contributed by atoms with van der Waals surface area (Å²) >= 11 is 1.47. The van der Waals surface area contributed by atoms with Crippen LogP contribution < -0.4 is 15.4 Å². The van der Waals surface area contributed by atoms with Crippen LogP contribution in [0, 0.1) is 0 Å². The Kier molecular flexibility index (Phi) is 6.75. The Morgan fingerprint density at radius 3 is 2.50 bits per heavy atom. The standard InChI is InChI=1S/C21H21N3O3S/c1-27-18-9-7-16(8-10-18)20(25)24-19(11-15-5-3-2-4-6-15)21(26)22-12-17-13-28-14-23-17/h2-10,13-14,19H,11-12H2,1H3,(H,22,26)(H,24,25)/t19-/m1/s1. The molecule has 2 N–H and O–H groups in total. The fourth-order valence-corrected chi connectivity index (χ4v) is 3.23. The molecule has 6 nitrogen and oxygen atoms in total. The lowest BCUT2D eigenvalue weighted by Crippen LogP contribution is -2.47. The molecular weight excluding hydrogens is 374 g/mol. The maximum atomic E-state index is 12.7. The van der Waals surface area contributed by atoms with Gasteiger partial charge in [-0.05, 0) is 29.8 Å². The Morgan fingerprint density at radius 1 is 1.11 bits per heavy atom. The summed E-state index contributed by atoms with van der Waals surface area (Å²) in [5.74, 6) is 0.101. The number of aromatic nitrogens is 1. The van der Waals surface area contributed by atoms with Gasteiger partial charge in [-0.2, -0.15) is 0 Å². The van der Waals surface area contributed by atoms with Crippen LogP contribution in [-0.4, -0.2) is 29.9 Å². The van der Waals surface area contributed by atoms with E-state index in [2.05, 4.69) is 15.6 Å². The molecule has 0 aliphatic rings. The average molecular weight is 395 g/mol. The summed E-state index contributed by atoms with van der Waals surface area (Å²) in [7, 11) is 1.57. The lowest BCUT2D eigenvalue weighted by Gasteiger charge is -2.18. The predicted octanol–water partition coefficient (Wildman–Crippen LogP) is 2.81. The van der Waals surface area contributed by atoms with Gasteiger partial charge in [-0.25, -0.2) is 4.98 Å². The van der Waals surface area contributed by atoms with Crippen molar-refractivity contribution in [3.63, 3.8) is 0 Å². The topological polar surface area (TPSA) is 80.3 Å². The number of ether oxygens (including phenoxy) is 1. The zero-order valence-electron chi connectivity index (χ0n) is 15.4. The molecule has 3 aromatic rings. The minimum atomic E-state index is -0.698. The van der Waals surface area contributed by atoms with Crippen LogP contribution in [0.3, 0.4) is 0 Å². The van der Waals surface area contributed by atoms with Gasteiger partial charge in [-0.15, -0.1) is 11.3 Å². The first kappa shape index (κ1) is 19.6. The third-order valence-electron chi connectivity index (χ3n) is 4.18. The molecular formula is C21H21N3O3S. The molecule has 0 aliphatic heterocycles. The van der Waals surface area contributed by atoms with Crippen molar-refractivity contribution in [2.45, 2.75) is 19.0 Å². The van der Waals surface area contributed by atoms with Crippen LogP contribution in [0.25, 0.3) is 0 Å². The number of hydrogen-bond donors (Lipinski definition) is 2. The Hall–Kier alpha value is -3.19. The van der Waals surface area contributed by atoms with Gasteiger partial charge in [0.05, 0.1) is 24.9 Å². The summed E-state index contributed by atoms with van der Waals surface area (Å²) in [6.45, 7) is 0.325. The number of amides is 2. The van der Waals surface area contributed by atoms with Crippen molar-refractivity contribution >= 4 is 23.2 Å². The van der Waals surface area contributed by atoms with Crippen molar-refractivity contribution in [2.24, 2.45) is 0 Å². The summed E-state index contributed by atoms with van der Waals surface area (Å²) < 4.78 is 5.11. The third-order valence-corrected chi connectivity index (χ3v) is 4.82. The van der Waals surface area contributed by atoms with Gasteiger partial charge < -0.3 is 15.4 Å². The van der Waals surface area contributed by atoms with Crippen molar-refractivity contribution in [3.05, 3.63) is 82.3 Å². The van der Waals surface area contributed by atoms with Gasteiger partial charge >= 0.3 is 0 Å². The first-order chi connectivity index (χ1) is 13.7. The maximum absolute atomic E-state index is 12.7. The third kappa shape index (κ3) is 5.40. The molecule has 1 atom stereocenters. The first-order valence-electron chi connectivity index (χ1n) is 8.79. The number of thiazole rings is 1. The molecule has 0 spiro atoms. The molecule has 0 saturated heterocycles. The number of nitrogens with one attached hydrogen (secondary N) is 2. The van der Waals surface area contributed by atoms with E-state index in [4.69, 9.17) is 4.74 Å². The van der Waals surface area contributed by atoms with Crippen LogP contribution in [0.4, 0.5) is 0 Å². The molecule has 3 rings (SSSR count). The Morgan fingerprint density at radius 2 is 1.86 bits per heavy atom. The lowest BCUT2D eigenvalue weighted by atomic mass is 10.0. The van der Waals surface area contributed by atoms with Crippen LogP contribution >= 0.6 is 11.3 Å². The molecule has 144 valence electrons. The van der Waals surface area contributed by atoms with Crippen LogP contribution in [0.15, 0.2) is 65.5 Å². The van der Waals surface area contributed by atoms with Crippen LogP contribution in [0.1, 0.15) is 21.6 Å². The van der Waals surface area contributed by atoms with Gasteiger partial charge in [-0.1, -0.05) is 30.3 Å². The predicted molar refractivity (Wildman–Crippen MR) is 108 cm³/mol. The molecule has 28 heavy (non-hydrogen) atoms. The molecule has 0 fully saturated rings. The van der Waals surface area contributed by atoms with E-state index < -0.39 is 6.04 Å². The summed E-state index contributed by atoms with van der Waals surface area (Å²) in [4.78, 5) is 29.5. The second-order valence-corrected chi connectivity index (χ2v) is 6.86. The number of rotatable bonds is 8. The Labute approximate surface area is 167 Å². The molecule has 0 unspecified atom stereocenters. The number of carbonyl (C=O) groups is 2. The van der Waals surface area contributed by atoms with E-state index in [1.165, 1.54) is 11.3 Å². The zero-order chi connectivity index (χ0) is 19.8. The molecule has 0 aliphatic carbocycles. The van der Waals surface area contributed by atoms with Gasteiger partial charge in [0.2, 0.25) is 5.91 Å². The molecule has 0 bridgehead atoms. The van der Waals surface area contributed by atoms with Crippen molar-refractivity contribution < 1.29 is 14.3 Å². The molecule has 1 aromatic heterocycles. The van der Waals surface area contributed by atoms with Crippen molar-refractivity contribution in [2.75, 3.05) is 7.11 Å². The van der Waals surface area contributed by atoms with Gasteiger partial charge in [0.25, 0.3) is 5.91 Å². The van der Waals surface area contributed by atoms with Gasteiger partial charge in [0.15, 0.2) is 0 Å². The Bertz CT molecular complexity index is 896. The minimum absolute atomic E-state index is 0.251.